The van der Waals surface area contributed by atoms with Gasteiger partial charge in [0.05, 0.1) is 0 Å². The minimum Gasteiger partial charge on any atom is -0.331 e. The predicted molar refractivity (Wildman–Crippen MR) is 41.6 cm³/mol. The van der Waals surface area contributed by atoms with Crippen molar-refractivity contribution in [3.63, 3.8) is 0 Å². The molecular weight excluding hydrogens is 146 g/mol. The Balaban J connectivity index is 2.86. The molecule has 0 saturated heterocycles. The average molecular weight is 159 g/mol. The van der Waals surface area contributed by atoms with Crippen LogP contribution in [0.1, 0.15) is 6.92 Å². The highest BCUT2D eigenvalue weighted by molar-refractivity contribution is 5.81. The van der Waals surface area contributed by atoms with Crippen molar-refractivity contribution < 1.29 is 0 Å². The lowest BCUT2D eigenvalue weighted by Gasteiger charge is -2.38. The van der Waals surface area contributed by atoms with Gasteiger partial charge in [-0.1, -0.05) is 0 Å². The lowest BCUT2D eigenvalue weighted by atomic mass is 10.4. The van der Waals surface area contributed by atoms with Crippen molar-refractivity contribution in [1.82, 2.24) is 10.6 Å². The van der Waals surface area contributed by atoms with E-state index in [4.69, 9.17) is 22.9 Å². The Hall–Kier alpha value is -0.730. The maximum absolute atomic E-state index is 5.46. The maximum Gasteiger partial charge on any atom is 0.223 e. The Morgan fingerprint density at radius 1 is 1.27 bits per heavy atom. The van der Waals surface area contributed by atoms with E-state index in [9.17, 15) is 0 Å². The van der Waals surface area contributed by atoms with Crippen molar-refractivity contribution in [2.24, 2.45) is 27.9 Å². The summed E-state index contributed by atoms with van der Waals surface area (Å²) < 4.78 is 0. The predicted octanol–water partition coefficient (Wildman–Crippen LogP) is -3.34. The van der Waals surface area contributed by atoms with E-state index in [1.165, 1.54) is 0 Å². The molecule has 0 aromatic heterocycles. The van der Waals surface area contributed by atoms with Crippen LogP contribution in [0.2, 0.25) is 0 Å². The normalized spacial score (nSPS) is 27.2. The molecule has 1 rings (SSSR count). The number of aliphatic imine (C=N–C) groups is 1. The van der Waals surface area contributed by atoms with Crippen LogP contribution in [-0.2, 0) is 0 Å². The second-order valence-corrected chi connectivity index (χ2v) is 2.64. The Labute approximate surface area is 64.2 Å². The zero-order chi connectivity index (χ0) is 8.70. The van der Waals surface area contributed by atoms with Gasteiger partial charge in [-0.3, -0.25) is 22.9 Å². The minimum atomic E-state index is -1.39. The summed E-state index contributed by atoms with van der Waals surface area (Å²) in [6.07, 6.45) is 0. The molecule has 1 heterocycles. The number of rotatable bonds is 0. The molecule has 11 heavy (non-hydrogen) atoms. The van der Waals surface area contributed by atoms with Crippen molar-refractivity contribution in [3.8, 4) is 0 Å². The monoisotopic (exact) mass is 159 g/mol. The van der Waals surface area contributed by atoms with Crippen LogP contribution in [0.4, 0.5) is 0 Å². The third-order valence-corrected chi connectivity index (χ3v) is 1.15. The third-order valence-electron chi connectivity index (χ3n) is 1.15. The fourth-order valence-corrected chi connectivity index (χ4v) is 0.995. The molecule has 1 aliphatic heterocycles. The van der Waals surface area contributed by atoms with Crippen LogP contribution in [0.25, 0.3) is 0 Å². The average Bonchev–Trinajstić information content (AvgIpc) is 1.49. The first-order valence-electron chi connectivity index (χ1n) is 3.10. The van der Waals surface area contributed by atoms with Gasteiger partial charge in [0, 0.05) is 0 Å². The van der Waals surface area contributed by atoms with Gasteiger partial charge in [0.15, 0.2) is 0 Å². The summed E-state index contributed by atoms with van der Waals surface area (Å²) in [4.78, 5) is 3.80. The highest BCUT2D eigenvalue weighted by Crippen LogP contribution is 1.98. The first-order valence-corrected chi connectivity index (χ1v) is 3.10. The molecule has 0 aliphatic carbocycles. The molecule has 0 aromatic rings. The van der Waals surface area contributed by atoms with Gasteiger partial charge >= 0.3 is 0 Å². The van der Waals surface area contributed by atoms with Crippen molar-refractivity contribution in [3.05, 3.63) is 0 Å². The molecule has 0 saturated carbocycles. The Morgan fingerprint density at radius 2 is 1.82 bits per heavy atom. The molecule has 0 unspecified atom stereocenters. The minimum absolute atomic E-state index is 0.499. The van der Waals surface area contributed by atoms with Crippen molar-refractivity contribution in [1.29, 1.82) is 0 Å². The first kappa shape index (κ1) is 8.37. The van der Waals surface area contributed by atoms with Crippen molar-refractivity contribution in [2.75, 3.05) is 0 Å². The topological polar surface area (TPSA) is 140 Å². The summed E-state index contributed by atoms with van der Waals surface area (Å²) in [5.41, 5.74) is 21.8. The molecule has 0 atom stereocenters. The molecule has 0 bridgehead atoms. The lowest BCUT2D eigenvalue weighted by molar-refractivity contribution is 0.191. The SMILES string of the molecule is CC1=NC(N)(N)NC(N)(N)N1. The third kappa shape index (κ3) is 2.10. The summed E-state index contributed by atoms with van der Waals surface area (Å²) >= 11 is 0. The van der Waals surface area contributed by atoms with Gasteiger partial charge in [-0.25, -0.2) is 10.3 Å². The van der Waals surface area contributed by atoms with Crippen LogP contribution >= 0.6 is 0 Å². The molecule has 64 valence electrons. The Bertz CT molecular complexity index is 193. The van der Waals surface area contributed by atoms with Crippen LogP contribution < -0.4 is 33.6 Å². The molecule has 1 aliphatic rings. The van der Waals surface area contributed by atoms with Crippen LogP contribution in [0, 0.1) is 0 Å². The fourth-order valence-electron chi connectivity index (χ4n) is 0.995. The zero-order valence-electron chi connectivity index (χ0n) is 6.26. The summed E-state index contributed by atoms with van der Waals surface area (Å²) in [7, 11) is 0. The molecular formula is C4H13N7. The number of nitrogens with two attached hydrogens (primary N) is 4. The summed E-state index contributed by atoms with van der Waals surface area (Å²) in [6.45, 7) is 1.67. The Morgan fingerprint density at radius 3 is 2.18 bits per heavy atom. The van der Waals surface area contributed by atoms with Crippen LogP contribution in [0.15, 0.2) is 4.99 Å². The summed E-state index contributed by atoms with van der Waals surface area (Å²) in [6, 6.07) is 0. The van der Waals surface area contributed by atoms with E-state index in [-0.39, 0.29) is 0 Å². The van der Waals surface area contributed by atoms with E-state index in [0.29, 0.717) is 5.84 Å². The smallest absolute Gasteiger partial charge is 0.223 e. The van der Waals surface area contributed by atoms with Crippen LogP contribution in [0.5, 0.6) is 0 Å². The van der Waals surface area contributed by atoms with Gasteiger partial charge in [0.25, 0.3) is 0 Å². The molecule has 0 spiro atoms. The number of nitrogens with zero attached hydrogens (tertiary/aromatic N) is 1. The van der Waals surface area contributed by atoms with Crippen molar-refractivity contribution >= 4 is 5.84 Å². The van der Waals surface area contributed by atoms with E-state index in [0.717, 1.165) is 0 Å². The van der Waals surface area contributed by atoms with Crippen molar-refractivity contribution in [2.45, 2.75) is 18.7 Å². The van der Waals surface area contributed by atoms with Gasteiger partial charge < -0.3 is 5.32 Å². The molecule has 0 aromatic carbocycles. The fraction of sp³-hybridized carbons (Fsp3) is 0.750. The van der Waals surface area contributed by atoms with Crippen LogP contribution in [-0.4, -0.2) is 17.7 Å². The number of hydrogen-bond donors (Lipinski definition) is 6. The van der Waals surface area contributed by atoms with E-state index >= 15 is 0 Å². The highest BCUT2D eigenvalue weighted by Gasteiger charge is 2.33. The molecule has 0 fully saturated rings. The Kier molecular flexibility index (Phi) is 1.62. The lowest BCUT2D eigenvalue weighted by Crippen LogP contribution is -2.83. The van der Waals surface area contributed by atoms with Gasteiger partial charge in [0.2, 0.25) is 11.8 Å². The van der Waals surface area contributed by atoms with E-state index < -0.39 is 11.8 Å². The highest BCUT2D eigenvalue weighted by atomic mass is 15.5. The summed E-state index contributed by atoms with van der Waals surface area (Å²) in [5.74, 6) is -2.19. The van der Waals surface area contributed by atoms with Gasteiger partial charge in [-0.2, -0.15) is 0 Å². The molecule has 7 nitrogen and oxygen atoms in total. The van der Waals surface area contributed by atoms with E-state index in [1.807, 2.05) is 0 Å². The first-order chi connectivity index (χ1) is 4.81. The van der Waals surface area contributed by atoms with Gasteiger partial charge in [-0.05, 0) is 6.92 Å². The molecule has 10 N–H and O–H groups in total. The number of nitrogens with one attached hydrogen (secondary N) is 2. The second-order valence-electron chi connectivity index (χ2n) is 2.64. The second kappa shape index (κ2) is 2.13. The number of hydrogen-bond acceptors (Lipinski definition) is 7. The van der Waals surface area contributed by atoms with Crippen LogP contribution in [0.3, 0.4) is 0 Å². The van der Waals surface area contributed by atoms with E-state index in [1.54, 1.807) is 6.92 Å². The number of amidine groups is 1. The quantitative estimate of drug-likeness (QED) is 0.204. The largest absolute Gasteiger partial charge is 0.331 e. The maximum atomic E-state index is 5.46. The van der Waals surface area contributed by atoms with Gasteiger partial charge in [-0.15, -0.1) is 0 Å². The zero-order valence-corrected chi connectivity index (χ0v) is 6.26. The van der Waals surface area contributed by atoms with Gasteiger partial charge in [0.1, 0.15) is 5.84 Å². The summed E-state index contributed by atoms with van der Waals surface area (Å²) in [5, 5.41) is 5.12. The molecule has 7 heteroatoms. The van der Waals surface area contributed by atoms with E-state index in [2.05, 4.69) is 15.6 Å². The molecule has 0 amide bonds. The standard InChI is InChI=1S/C4H13N7/c1-2-9-3(5,6)11-4(7,8)10-2/h11H,5-8H2,1H3,(H,9,10). The molecule has 0 radical (unpaired) electrons.